The Morgan fingerprint density at radius 2 is 1.81 bits per heavy atom. The van der Waals surface area contributed by atoms with E-state index < -0.39 is 5.91 Å². The lowest BCUT2D eigenvalue weighted by molar-refractivity contribution is 0.0950. The van der Waals surface area contributed by atoms with Crippen molar-refractivity contribution in [3.8, 4) is 17.1 Å². The van der Waals surface area contributed by atoms with E-state index >= 15 is 0 Å². The van der Waals surface area contributed by atoms with Gasteiger partial charge in [-0.15, -0.1) is 5.10 Å². The van der Waals surface area contributed by atoms with Crippen LogP contribution in [0.3, 0.4) is 0 Å². The summed E-state index contributed by atoms with van der Waals surface area (Å²) in [5.41, 5.74) is 12.7. The normalized spacial score (nSPS) is 11.6. The Balaban J connectivity index is 1.31. The van der Waals surface area contributed by atoms with Crippen LogP contribution in [0.25, 0.3) is 38.9 Å². The highest BCUT2D eigenvalue weighted by Crippen LogP contribution is 2.29. The summed E-state index contributed by atoms with van der Waals surface area (Å²) in [4.78, 5) is 13.1. The molecule has 0 saturated carbocycles. The van der Waals surface area contributed by atoms with Gasteiger partial charge in [0.15, 0.2) is 5.69 Å². The Labute approximate surface area is 210 Å². The van der Waals surface area contributed by atoms with E-state index in [1.165, 1.54) is 15.6 Å². The van der Waals surface area contributed by atoms with Gasteiger partial charge in [-0.25, -0.2) is 10.1 Å². The summed E-state index contributed by atoms with van der Waals surface area (Å²) in [6.07, 6.45) is 1.60. The van der Waals surface area contributed by atoms with Gasteiger partial charge in [0, 0.05) is 33.9 Å². The molecule has 0 unspecified atom stereocenters. The fourth-order valence-corrected chi connectivity index (χ4v) is 4.49. The number of carbonyl (C=O) groups excluding carboxylic acids is 1. The van der Waals surface area contributed by atoms with Crippen molar-refractivity contribution in [1.29, 1.82) is 0 Å². The van der Waals surface area contributed by atoms with Gasteiger partial charge < -0.3 is 10.3 Å². The zero-order valence-corrected chi connectivity index (χ0v) is 19.7. The number of aryl methyl sites for hydroxylation is 1. The number of anilines is 1. The number of benzene rings is 3. The molecule has 3 heterocycles. The largest absolute Gasteiger partial charge is 0.378 e. The first-order chi connectivity index (χ1) is 18.2. The van der Waals surface area contributed by atoms with Crippen LogP contribution in [0.15, 0.2) is 82.5 Å². The molecule has 11 nitrogen and oxygen atoms in total. The van der Waals surface area contributed by atoms with Crippen molar-refractivity contribution < 1.29 is 9.42 Å². The van der Waals surface area contributed by atoms with Crippen LogP contribution in [0.2, 0.25) is 0 Å². The second kappa shape index (κ2) is 9.04. The maximum Gasteiger partial charge on any atom is 0.294 e. The summed E-state index contributed by atoms with van der Waals surface area (Å²) >= 11 is 0. The summed E-state index contributed by atoms with van der Waals surface area (Å²) in [7, 11) is 0. The molecule has 11 heteroatoms. The predicted molar refractivity (Wildman–Crippen MR) is 139 cm³/mol. The van der Waals surface area contributed by atoms with E-state index in [1.807, 2.05) is 48.5 Å². The molecule has 0 bridgehead atoms. The first-order valence-corrected chi connectivity index (χ1v) is 11.6. The smallest absolute Gasteiger partial charge is 0.294 e. The number of carbonyl (C=O) groups is 1. The second-order valence-corrected chi connectivity index (χ2v) is 8.27. The van der Waals surface area contributed by atoms with E-state index in [0.29, 0.717) is 11.3 Å². The third kappa shape index (κ3) is 3.78. The Morgan fingerprint density at radius 1 is 1.03 bits per heavy atom. The number of hydrogen-bond donors (Lipinski definition) is 2. The van der Waals surface area contributed by atoms with Crippen LogP contribution in [0.5, 0.6) is 0 Å². The van der Waals surface area contributed by atoms with Gasteiger partial charge >= 0.3 is 0 Å². The number of nitrogens with two attached hydrogens (primary N) is 1. The number of para-hydroxylation sites is 1. The van der Waals surface area contributed by atoms with Crippen molar-refractivity contribution in [3.63, 3.8) is 0 Å². The Bertz CT molecular complexity index is 1780. The van der Waals surface area contributed by atoms with Gasteiger partial charge in [0.1, 0.15) is 5.69 Å². The van der Waals surface area contributed by atoms with Crippen LogP contribution in [0.1, 0.15) is 23.0 Å². The van der Waals surface area contributed by atoms with Crippen molar-refractivity contribution in [2.24, 2.45) is 5.10 Å². The number of hydrazone groups is 1. The van der Waals surface area contributed by atoms with Gasteiger partial charge in [0.25, 0.3) is 5.91 Å². The SMILES string of the molecule is CCn1c2ccccc2c2cc(/C=N/NC(=O)c3nnn(-c4nonc4N)c3-c3ccccc3)ccc21. The number of nitrogen functional groups attached to an aromatic ring is 1. The summed E-state index contributed by atoms with van der Waals surface area (Å²) < 4.78 is 8.29. The monoisotopic (exact) mass is 491 g/mol. The van der Waals surface area contributed by atoms with E-state index in [4.69, 9.17) is 10.4 Å². The molecule has 6 aromatic rings. The van der Waals surface area contributed by atoms with Crippen molar-refractivity contribution in [2.45, 2.75) is 13.5 Å². The molecule has 0 atom stereocenters. The number of fused-ring (bicyclic) bond motifs is 3. The predicted octanol–water partition coefficient (Wildman–Crippen LogP) is 3.79. The third-order valence-corrected chi connectivity index (χ3v) is 6.12. The first kappa shape index (κ1) is 22.2. The standard InChI is InChI=1S/C26H21N9O2/c1-2-34-20-11-7-6-10-18(20)19-14-16(12-13-21(19)34)15-28-30-26(36)22-23(17-8-4-3-5-9-17)35(33-29-22)25-24(27)31-37-32-25/h3-15H,2H2,1H3,(H2,27,31)(H,30,36)/b28-15+. The van der Waals surface area contributed by atoms with E-state index in [-0.39, 0.29) is 17.3 Å². The third-order valence-electron chi connectivity index (χ3n) is 6.12. The minimum Gasteiger partial charge on any atom is -0.378 e. The summed E-state index contributed by atoms with van der Waals surface area (Å²) in [5, 5.41) is 22.0. The molecule has 0 fully saturated rings. The zero-order chi connectivity index (χ0) is 25.4. The highest BCUT2D eigenvalue weighted by atomic mass is 16.6. The van der Waals surface area contributed by atoms with Gasteiger partial charge in [-0.2, -0.15) is 9.78 Å². The summed E-state index contributed by atoms with van der Waals surface area (Å²) in [5.74, 6) is -0.389. The van der Waals surface area contributed by atoms with Gasteiger partial charge in [0.05, 0.1) is 6.21 Å². The van der Waals surface area contributed by atoms with Crippen molar-refractivity contribution in [1.82, 2.24) is 35.3 Å². The first-order valence-electron chi connectivity index (χ1n) is 11.6. The average Bonchev–Trinajstić information content (AvgIpc) is 3.64. The van der Waals surface area contributed by atoms with Gasteiger partial charge in [0.2, 0.25) is 11.6 Å². The van der Waals surface area contributed by atoms with E-state index in [9.17, 15) is 4.79 Å². The van der Waals surface area contributed by atoms with Crippen LogP contribution < -0.4 is 11.2 Å². The highest BCUT2D eigenvalue weighted by Gasteiger charge is 2.25. The quantitative estimate of drug-likeness (QED) is 0.267. The van der Waals surface area contributed by atoms with Crippen molar-refractivity contribution in [2.75, 3.05) is 5.73 Å². The molecule has 0 aliphatic heterocycles. The minimum absolute atomic E-state index is 0.0203. The molecule has 0 saturated heterocycles. The van der Waals surface area contributed by atoms with E-state index in [1.54, 1.807) is 6.21 Å². The number of aromatic nitrogens is 6. The molecule has 0 spiro atoms. The number of amides is 1. The molecule has 0 aliphatic carbocycles. The van der Waals surface area contributed by atoms with E-state index in [0.717, 1.165) is 23.0 Å². The topological polar surface area (TPSA) is 142 Å². The van der Waals surface area contributed by atoms with E-state index in [2.05, 4.69) is 66.9 Å². The number of nitrogens with one attached hydrogen (secondary N) is 1. The van der Waals surface area contributed by atoms with Gasteiger partial charge in [-0.3, -0.25) is 4.79 Å². The number of nitrogens with zero attached hydrogens (tertiary/aromatic N) is 7. The maximum atomic E-state index is 13.1. The lowest BCUT2D eigenvalue weighted by atomic mass is 10.1. The fourth-order valence-electron chi connectivity index (χ4n) is 4.49. The molecule has 0 radical (unpaired) electrons. The maximum absolute atomic E-state index is 13.1. The molecular weight excluding hydrogens is 470 g/mol. The fraction of sp³-hybridized carbons (Fsp3) is 0.0769. The number of rotatable bonds is 6. The summed E-state index contributed by atoms with van der Waals surface area (Å²) in [6, 6.07) is 23.6. The van der Waals surface area contributed by atoms with Crippen LogP contribution in [-0.4, -0.2) is 42.0 Å². The molecule has 37 heavy (non-hydrogen) atoms. The van der Waals surface area contributed by atoms with Crippen LogP contribution in [0, 0.1) is 0 Å². The molecule has 6 rings (SSSR count). The Kier molecular flexibility index (Phi) is 5.41. The van der Waals surface area contributed by atoms with Crippen molar-refractivity contribution >= 4 is 39.7 Å². The molecule has 3 N–H and O–H groups in total. The molecular formula is C26H21N9O2. The molecule has 0 aliphatic rings. The second-order valence-electron chi connectivity index (χ2n) is 8.27. The van der Waals surface area contributed by atoms with Crippen LogP contribution >= 0.6 is 0 Å². The Hall–Kier alpha value is -5.32. The van der Waals surface area contributed by atoms with Crippen LogP contribution in [0.4, 0.5) is 5.82 Å². The number of hydrogen-bond acceptors (Lipinski definition) is 8. The lowest BCUT2D eigenvalue weighted by Gasteiger charge is -2.05. The molecule has 3 aromatic heterocycles. The van der Waals surface area contributed by atoms with Gasteiger partial charge in [-0.1, -0.05) is 59.8 Å². The molecule has 182 valence electrons. The Morgan fingerprint density at radius 3 is 2.59 bits per heavy atom. The zero-order valence-electron chi connectivity index (χ0n) is 19.7. The average molecular weight is 492 g/mol. The summed E-state index contributed by atoms with van der Waals surface area (Å²) in [6.45, 7) is 3.00. The minimum atomic E-state index is -0.542. The highest BCUT2D eigenvalue weighted by molar-refractivity contribution is 6.09. The van der Waals surface area contributed by atoms with Crippen molar-refractivity contribution in [3.05, 3.63) is 84.1 Å². The van der Waals surface area contributed by atoms with Gasteiger partial charge in [-0.05, 0) is 41.0 Å². The molecule has 1 amide bonds. The molecule has 3 aromatic carbocycles. The lowest BCUT2D eigenvalue weighted by Crippen LogP contribution is -2.19. The van der Waals surface area contributed by atoms with Crippen LogP contribution in [-0.2, 0) is 6.54 Å².